The first kappa shape index (κ1) is 32.5. The molecule has 0 atom stereocenters. The van der Waals surface area contributed by atoms with Crippen LogP contribution in [0.1, 0.15) is 0 Å². The Morgan fingerprint density at radius 1 is 0.345 bits per heavy atom. The Morgan fingerprint density at radius 2 is 0.948 bits per heavy atom. The molecule has 3 heteroatoms. The number of furan rings is 1. The largest absolute Gasteiger partial charge is 0.456 e. The van der Waals surface area contributed by atoms with Gasteiger partial charge in [0.1, 0.15) is 11.2 Å². The molecule has 9 aromatic carbocycles. The Morgan fingerprint density at radius 3 is 1.78 bits per heavy atom. The van der Waals surface area contributed by atoms with E-state index in [-0.39, 0.29) is 0 Å². The standard InChI is InChI=1S/C55H34N2O/c1-3-14-36(15-4-1)52-53-44-21-7-10-23-47(44)56-55(46(53)34-51-54(52)45-22-9-12-25-50(45)58-51)37-28-26-35(27-29-37)38-16-13-17-39(32-38)40-30-31-43-42-20-8-11-24-48(42)57(49(43)33-40)41-18-5-2-6-19-41/h1-34H. The van der Waals surface area contributed by atoms with Gasteiger partial charge in [-0.05, 0) is 76.3 Å². The molecule has 3 heterocycles. The van der Waals surface area contributed by atoms with E-state index in [2.05, 4.69) is 205 Å². The zero-order chi connectivity index (χ0) is 38.2. The maximum atomic E-state index is 6.59. The molecular formula is C55H34N2O. The van der Waals surface area contributed by atoms with E-state index in [1.165, 1.54) is 49.4 Å². The van der Waals surface area contributed by atoms with Crippen molar-refractivity contribution in [2.75, 3.05) is 0 Å². The third-order valence-corrected chi connectivity index (χ3v) is 11.8. The zero-order valence-corrected chi connectivity index (χ0v) is 31.4. The molecule has 3 aromatic heterocycles. The van der Waals surface area contributed by atoms with Crippen LogP contribution in [0.2, 0.25) is 0 Å². The topological polar surface area (TPSA) is 31.0 Å². The molecule has 0 amide bonds. The molecule has 0 unspecified atom stereocenters. The van der Waals surface area contributed by atoms with Crippen molar-refractivity contribution in [1.82, 2.24) is 9.55 Å². The second kappa shape index (κ2) is 12.9. The van der Waals surface area contributed by atoms with Crippen molar-refractivity contribution in [1.29, 1.82) is 0 Å². The van der Waals surface area contributed by atoms with Gasteiger partial charge in [-0.2, -0.15) is 0 Å². The van der Waals surface area contributed by atoms with Crippen LogP contribution < -0.4 is 0 Å². The van der Waals surface area contributed by atoms with Crippen LogP contribution in [-0.2, 0) is 0 Å². The smallest absolute Gasteiger partial charge is 0.136 e. The van der Waals surface area contributed by atoms with Crippen LogP contribution in [0.4, 0.5) is 0 Å². The van der Waals surface area contributed by atoms with E-state index >= 15 is 0 Å². The summed E-state index contributed by atoms with van der Waals surface area (Å²) in [6.07, 6.45) is 0. The summed E-state index contributed by atoms with van der Waals surface area (Å²) in [7, 11) is 0. The lowest BCUT2D eigenvalue weighted by molar-refractivity contribution is 0.669. The Labute approximate surface area is 334 Å². The molecule has 0 saturated carbocycles. The van der Waals surface area contributed by atoms with Crippen molar-refractivity contribution >= 4 is 65.4 Å². The van der Waals surface area contributed by atoms with E-state index in [1.54, 1.807) is 0 Å². The third-order valence-electron chi connectivity index (χ3n) is 11.8. The molecule has 12 aromatic rings. The highest BCUT2D eigenvalue weighted by Gasteiger charge is 2.22. The minimum absolute atomic E-state index is 0.863. The first-order valence-corrected chi connectivity index (χ1v) is 19.8. The molecule has 0 bridgehead atoms. The predicted molar refractivity (Wildman–Crippen MR) is 243 cm³/mol. The van der Waals surface area contributed by atoms with Crippen LogP contribution in [0.25, 0.3) is 116 Å². The van der Waals surface area contributed by atoms with Gasteiger partial charge in [0.05, 0.1) is 22.2 Å². The second-order valence-electron chi connectivity index (χ2n) is 15.1. The number of fused-ring (bicyclic) bond motifs is 9. The first-order valence-electron chi connectivity index (χ1n) is 19.8. The number of hydrogen-bond donors (Lipinski definition) is 0. The summed E-state index contributed by atoms with van der Waals surface area (Å²) in [4.78, 5) is 5.35. The molecule has 12 rings (SSSR count). The fourth-order valence-corrected chi connectivity index (χ4v) is 9.13. The normalized spacial score (nSPS) is 11.8. The minimum atomic E-state index is 0.863. The molecule has 0 saturated heterocycles. The summed E-state index contributed by atoms with van der Waals surface area (Å²) < 4.78 is 8.97. The van der Waals surface area contributed by atoms with Gasteiger partial charge in [-0.1, -0.05) is 158 Å². The maximum absolute atomic E-state index is 6.59. The molecule has 0 radical (unpaired) electrons. The van der Waals surface area contributed by atoms with E-state index in [9.17, 15) is 0 Å². The average molecular weight is 739 g/mol. The van der Waals surface area contributed by atoms with E-state index < -0.39 is 0 Å². The molecule has 0 N–H and O–H groups in total. The van der Waals surface area contributed by atoms with Crippen LogP contribution in [-0.4, -0.2) is 9.55 Å². The van der Waals surface area contributed by atoms with Gasteiger partial charge >= 0.3 is 0 Å². The highest BCUT2D eigenvalue weighted by Crippen LogP contribution is 2.46. The molecule has 0 aliphatic heterocycles. The molecule has 3 nitrogen and oxygen atoms in total. The lowest BCUT2D eigenvalue weighted by atomic mass is 9.89. The predicted octanol–water partition coefficient (Wildman–Crippen LogP) is 15.1. The summed E-state index contributed by atoms with van der Waals surface area (Å²) in [6.45, 7) is 0. The fraction of sp³-hybridized carbons (Fsp3) is 0. The van der Waals surface area contributed by atoms with E-state index in [0.29, 0.717) is 0 Å². The van der Waals surface area contributed by atoms with Crippen molar-refractivity contribution in [2.45, 2.75) is 0 Å². The molecule has 0 aliphatic carbocycles. The van der Waals surface area contributed by atoms with Gasteiger partial charge in [-0.3, -0.25) is 0 Å². The Balaban J connectivity index is 0.997. The van der Waals surface area contributed by atoms with E-state index in [0.717, 1.165) is 66.3 Å². The van der Waals surface area contributed by atoms with Crippen molar-refractivity contribution < 1.29 is 4.42 Å². The minimum Gasteiger partial charge on any atom is -0.456 e. The summed E-state index contributed by atoms with van der Waals surface area (Å²) in [5, 5.41) is 8.14. The van der Waals surface area contributed by atoms with Gasteiger partial charge in [0, 0.05) is 54.5 Å². The highest BCUT2D eigenvalue weighted by molar-refractivity contribution is 6.27. The molecule has 0 fully saturated rings. The van der Waals surface area contributed by atoms with Crippen LogP contribution in [0.5, 0.6) is 0 Å². The van der Waals surface area contributed by atoms with Gasteiger partial charge < -0.3 is 8.98 Å². The monoisotopic (exact) mass is 738 g/mol. The van der Waals surface area contributed by atoms with Gasteiger partial charge in [0.25, 0.3) is 0 Å². The van der Waals surface area contributed by atoms with Gasteiger partial charge in [0.15, 0.2) is 0 Å². The number of nitrogens with zero attached hydrogens (tertiary/aromatic N) is 2. The van der Waals surface area contributed by atoms with Crippen LogP contribution in [0, 0.1) is 0 Å². The molecule has 58 heavy (non-hydrogen) atoms. The zero-order valence-electron chi connectivity index (χ0n) is 31.4. The Bertz CT molecular complexity index is 3540. The average Bonchev–Trinajstić information content (AvgIpc) is 3.84. The number of para-hydroxylation sites is 4. The summed E-state index contributed by atoms with van der Waals surface area (Å²) in [5.74, 6) is 0. The van der Waals surface area contributed by atoms with Gasteiger partial charge in [-0.15, -0.1) is 0 Å². The van der Waals surface area contributed by atoms with Crippen LogP contribution >= 0.6 is 0 Å². The van der Waals surface area contributed by atoms with Crippen molar-refractivity contribution in [3.63, 3.8) is 0 Å². The number of aromatic nitrogens is 2. The molecule has 270 valence electrons. The lowest BCUT2D eigenvalue weighted by Gasteiger charge is -2.16. The highest BCUT2D eigenvalue weighted by atomic mass is 16.3. The quantitative estimate of drug-likeness (QED) is 0.165. The number of rotatable bonds is 5. The number of benzene rings is 9. The van der Waals surface area contributed by atoms with Crippen molar-refractivity contribution in [3.8, 4) is 50.3 Å². The number of pyridine rings is 1. The van der Waals surface area contributed by atoms with Crippen LogP contribution in [0.3, 0.4) is 0 Å². The summed E-state index contributed by atoms with van der Waals surface area (Å²) >= 11 is 0. The van der Waals surface area contributed by atoms with Gasteiger partial charge in [0.2, 0.25) is 0 Å². The van der Waals surface area contributed by atoms with Crippen LogP contribution in [0.15, 0.2) is 211 Å². The summed E-state index contributed by atoms with van der Waals surface area (Å²) in [6, 6.07) is 73.7. The molecular weight excluding hydrogens is 705 g/mol. The lowest BCUT2D eigenvalue weighted by Crippen LogP contribution is -1.93. The molecule has 0 spiro atoms. The Hall–Kier alpha value is -7.75. The second-order valence-corrected chi connectivity index (χ2v) is 15.1. The maximum Gasteiger partial charge on any atom is 0.136 e. The molecule has 0 aliphatic rings. The number of hydrogen-bond acceptors (Lipinski definition) is 2. The first-order chi connectivity index (χ1) is 28.8. The van der Waals surface area contributed by atoms with E-state index in [1.807, 2.05) is 6.07 Å². The third kappa shape index (κ3) is 5.04. The van der Waals surface area contributed by atoms with Gasteiger partial charge in [-0.25, -0.2) is 4.98 Å². The Kier molecular flexibility index (Phi) is 7.23. The van der Waals surface area contributed by atoms with Crippen molar-refractivity contribution in [3.05, 3.63) is 206 Å². The SMILES string of the molecule is c1ccc(-c2c3c(cc4c(-c5ccc(-c6cccc(-c7ccc8c9ccccc9n(-c9ccccc9)c8c7)c6)cc5)nc5ccccc5c24)oc2ccccc23)cc1. The summed E-state index contributed by atoms with van der Waals surface area (Å²) in [5.41, 5.74) is 15.3. The van der Waals surface area contributed by atoms with Crippen molar-refractivity contribution in [2.24, 2.45) is 0 Å². The fourth-order valence-electron chi connectivity index (χ4n) is 9.13. The van der Waals surface area contributed by atoms with E-state index in [4.69, 9.17) is 9.40 Å².